The first-order valence-electron chi connectivity index (χ1n) is 8.13. The Kier molecular flexibility index (Phi) is 6.27. The second kappa shape index (κ2) is 8.20. The predicted octanol–water partition coefficient (Wildman–Crippen LogP) is 3.69. The number of aliphatic hydroxyl groups excluding tert-OH is 1. The van der Waals surface area contributed by atoms with Crippen LogP contribution in [0.2, 0.25) is 0 Å². The minimum absolute atomic E-state index is 0.317. The van der Waals surface area contributed by atoms with Crippen molar-refractivity contribution >= 4 is 10.9 Å². The van der Waals surface area contributed by atoms with Crippen LogP contribution in [0.4, 0.5) is 0 Å². The minimum Gasteiger partial charge on any atom is -0.396 e. The van der Waals surface area contributed by atoms with E-state index in [0.717, 1.165) is 25.9 Å². The van der Waals surface area contributed by atoms with Crippen molar-refractivity contribution in [3.63, 3.8) is 0 Å². The Balaban J connectivity index is 2.04. The SMILES string of the molecule is CC(C)NCc1cn(CCCCCCO)c2ccccc12. The molecule has 0 unspecified atom stereocenters. The van der Waals surface area contributed by atoms with Crippen LogP contribution < -0.4 is 5.32 Å². The van der Waals surface area contributed by atoms with Gasteiger partial charge in [-0.15, -0.1) is 0 Å². The molecule has 0 saturated heterocycles. The number of para-hydroxylation sites is 1. The van der Waals surface area contributed by atoms with Crippen molar-refractivity contribution in [3.8, 4) is 0 Å². The molecule has 21 heavy (non-hydrogen) atoms. The lowest BCUT2D eigenvalue weighted by Gasteiger charge is -2.06. The summed E-state index contributed by atoms with van der Waals surface area (Å²) >= 11 is 0. The average Bonchev–Trinajstić information content (AvgIpc) is 2.83. The number of nitrogens with one attached hydrogen (secondary N) is 1. The van der Waals surface area contributed by atoms with Crippen molar-refractivity contribution in [2.45, 2.75) is 58.7 Å². The number of hydrogen-bond donors (Lipinski definition) is 2. The van der Waals surface area contributed by atoms with Crippen LogP contribution >= 0.6 is 0 Å². The molecule has 2 aromatic rings. The van der Waals surface area contributed by atoms with Gasteiger partial charge in [-0.05, 0) is 24.5 Å². The highest BCUT2D eigenvalue weighted by molar-refractivity contribution is 5.83. The number of benzene rings is 1. The van der Waals surface area contributed by atoms with Crippen molar-refractivity contribution in [2.24, 2.45) is 0 Å². The Bertz CT molecular complexity index is 545. The summed E-state index contributed by atoms with van der Waals surface area (Å²) in [5, 5.41) is 13.7. The molecule has 0 spiro atoms. The fraction of sp³-hybridized carbons (Fsp3) is 0.556. The van der Waals surface area contributed by atoms with Crippen LogP contribution in [0.3, 0.4) is 0 Å². The van der Waals surface area contributed by atoms with Gasteiger partial charge in [0.25, 0.3) is 0 Å². The maximum atomic E-state index is 8.82. The number of aliphatic hydroxyl groups is 1. The number of fused-ring (bicyclic) bond motifs is 1. The molecule has 0 aliphatic rings. The molecule has 0 atom stereocenters. The number of hydrogen-bond acceptors (Lipinski definition) is 2. The molecule has 0 aliphatic heterocycles. The number of aryl methyl sites for hydroxylation is 1. The molecule has 0 fully saturated rings. The van der Waals surface area contributed by atoms with Crippen molar-refractivity contribution in [3.05, 3.63) is 36.0 Å². The molecule has 0 radical (unpaired) electrons. The fourth-order valence-corrected chi connectivity index (χ4v) is 2.71. The zero-order valence-electron chi connectivity index (χ0n) is 13.3. The van der Waals surface area contributed by atoms with Gasteiger partial charge in [-0.1, -0.05) is 44.9 Å². The topological polar surface area (TPSA) is 37.2 Å². The van der Waals surface area contributed by atoms with Gasteiger partial charge in [-0.2, -0.15) is 0 Å². The summed E-state index contributed by atoms with van der Waals surface area (Å²) in [6.07, 6.45) is 6.71. The Morgan fingerprint density at radius 1 is 1.10 bits per heavy atom. The lowest BCUT2D eigenvalue weighted by atomic mass is 10.1. The number of unbranched alkanes of at least 4 members (excludes halogenated alkanes) is 3. The molecule has 1 aromatic heterocycles. The monoisotopic (exact) mass is 288 g/mol. The molecule has 2 N–H and O–H groups in total. The molecule has 0 amide bonds. The molecule has 0 saturated carbocycles. The molecule has 3 nitrogen and oxygen atoms in total. The second-order valence-electron chi connectivity index (χ2n) is 6.04. The van der Waals surface area contributed by atoms with Gasteiger partial charge in [-0.3, -0.25) is 0 Å². The first kappa shape index (κ1) is 16.1. The standard InChI is InChI=1S/C18H28N2O/c1-15(2)19-13-16-14-20(11-7-3-4-8-12-21)18-10-6-5-9-17(16)18/h5-6,9-10,14-15,19,21H,3-4,7-8,11-13H2,1-2H3. The first-order valence-corrected chi connectivity index (χ1v) is 8.13. The molecule has 0 aliphatic carbocycles. The van der Waals surface area contributed by atoms with Gasteiger partial charge in [0, 0.05) is 42.8 Å². The highest BCUT2D eigenvalue weighted by Crippen LogP contribution is 2.22. The van der Waals surface area contributed by atoms with E-state index in [1.165, 1.54) is 29.3 Å². The van der Waals surface area contributed by atoms with Gasteiger partial charge >= 0.3 is 0 Å². The van der Waals surface area contributed by atoms with E-state index in [4.69, 9.17) is 5.11 Å². The summed E-state index contributed by atoms with van der Waals surface area (Å²) in [5.74, 6) is 0. The van der Waals surface area contributed by atoms with Crippen molar-refractivity contribution in [1.29, 1.82) is 0 Å². The van der Waals surface area contributed by atoms with E-state index in [1.54, 1.807) is 0 Å². The Hall–Kier alpha value is -1.32. The fourth-order valence-electron chi connectivity index (χ4n) is 2.71. The van der Waals surface area contributed by atoms with Crippen LogP contribution in [-0.4, -0.2) is 22.3 Å². The van der Waals surface area contributed by atoms with Crippen LogP contribution in [-0.2, 0) is 13.1 Å². The van der Waals surface area contributed by atoms with Crippen LogP contribution in [0.5, 0.6) is 0 Å². The van der Waals surface area contributed by atoms with E-state index in [9.17, 15) is 0 Å². The highest BCUT2D eigenvalue weighted by atomic mass is 16.2. The normalized spacial score (nSPS) is 11.6. The van der Waals surface area contributed by atoms with Gasteiger partial charge in [0.05, 0.1) is 0 Å². The largest absolute Gasteiger partial charge is 0.396 e. The third kappa shape index (κ3) is 4.58. The summed E-state index contributed by atoms with van der Waals surface area (Å²) in [6.45, 7) is 6.67. The van der Waals surface area contributed by atoms with Crippen molar-refractivity contribution in [1.82, 2.24) is 9.88 Å². The number of nitrogens with zero attached hydrogens (tertiary/aromatic N) is 1. The third-order valence-corrected chi connectivity index (χ3v) is 3.88. The maximum absolute atomic E-state index is 8.82. The second-order valence-corrected chi connectivity index (χ2v) is 6.04. The quantitative estimate of drug-likeness (QED) is 0.691. The molecule has 0 bridgehead atoms. The molecular weight excluding hydrogens is 260 g/mol. The van der Waals surface area contributed by atoms with Crippen molar-refractivity contribution < 1.29 is 5.11 Å². The Labute approximate surface area is 128 Å². The molecule has 1 heterocycles. The molecule has 2 rings (SSSR count). The summed E-state index contributed by atoms with van der Waals surface area (Å²) in [5.41, 5.74) is 2.72. The van der Waals surface area contributed by atoms with E-state index >= 15 is 0 Å². The summed E-state index contributed by atoms with van der Waals surface area (Å²) in [4.78, 5) is 0. The van der Waals surface area contributed by atoms with E-state index < -0.39 is 0 Å². The van der Waals surface area contributed by atoms with Gasteiger partial charge in [0.15, 0.2) is 0 Å². The van der Waals surface area contributed by atoms with Gasteiger partial charge < -0.3 is 15.0 Å². The van der Waals surface area contributed by atoms with E-state index in [2.05, 4.69) is 54.2 Å². The third-order valence-electron chi connectivity index (χ3n) is 3.88. The van der Waals surface area contributed by atoms with Crippen LogP contribution in [0, 0.1) is 0 Å². The minimum atomic E-state index is 0.317. The molecular formula is C18H28N2O. The Morgan fingerprint density at radius 2 is 1.86 bits per heavy atom. The van der Waals surface area contributed by atoms with E-state index in [0.29, 0.717) is 12.6 Å². The summed E-state index contributed by atoms with van der Waals surface area (Å²) < 4.78 is 2.38. The lowest BCUT2D eigenvalue weighted by Crippen LogP contribution is -2.21. The zero-order valence-corrected chi connectivity index (χ0v) is 13.3. The van der Waals surface area contributed by atoms with Crippen LogP contribution in [0.1, 0.15) is 45.1 Å². The van der Waals surface area contributed by atoms with Crippen LogP contribution in [0.15, 0.2) is 30.5 Å². The van der Waals surface area contributed by atoms with Crippen molar-refractivity contribution in [2.75, 3.05) is 6.61 Å². The summed E-state index contributed by atoms with van der Waals surface area (Å²) in [6, 6.07) is 9.17. The van der Waals surface area contributed by atoms with Gasteiger partial charge in [0.2, 0.25) is 0 Å². The number of aromatic nitrogens is 1. The predicted molar refractivity (Wildman–Crippen MR) is 89.5 cm³/mol. The lowest BCUT2D eigenvalue weighted by molar-refractivity contribution is 0.282. The average molecular weight is 288 g/mol. The smallest absolute Gasteiger partial charge is 0.0483 e. The van der Waals surface area contributed by atoms with E-state index in [1.807, 2.05) is 0 Å². The molecule has 1 aromatic carbocycles. The highest BCUT2D eigenvalue weighted by Gasteiger charge is 2.08. The first-order chi connectivity index (χ1) is 10.2. The van der Waals surface area contributed by atoms with Crippen LogP contribution in [0.25, 0.3) is 10.9 Å². The zero-order chi connectivity index (χ0) is 15.1. The maximum Gasteiger partial charge on any atom is 0.0483 e. The van der Waals surface area contributed by atoms with E-state index in [-0.39, 0.29) is 0 Å². The summed E-state index contributed by atoms with van der Waals surface area (Å²) in [7, 11) is 0. The Morgan fingerprint density at radius 3 is 2.62 bits per heavy atom. The molecule has 116 valence electrons. The molecule has 3 heteroatoms. The van der Waals surface area contributed by atoms with Gasteiger partial charge in [0.1, 0.15) is 0 Å². The number of rotatable bonds is 9. The van der Waals surface area contributed by atoms with Gasteiger partial charge in [-0.25, -0.2) is 0 Å².